The first kappa shape index (κ1) is 14.7. The van der Waals surface area contributed by atoms with Gasteiger partial charge in [0, 0.05) is 11.9 Å². The predicted molar refractivity (Wildman–Crippen MR) is 76.3 cm³/mol. The second-order valence-electron chi connectivity index (χ2n) is 4.41. The van der Waals surface area contributed by atoms with Gasteiger partial charge in [-0.05, 0) is 37.3 Å². The van der Waals surface area contributed by atoms with Gasteiger partial charge in [0.2, 0.25) is 3.79 Å². The summed E-state index contributed by atoms with van der Waals surface area (Å²) < 4.78 is 3.25. The summed E-state index contributed by atoms with van der Waals surface area (Å²) in [7, 11) is 0. The SMILES string of the molecule is Cc1cnc2c(c1NC(=O)OCC(Cl)(Cl)Cl)CCC2. The molecule has 2 rings (SSSR count). The van der Waals surface area contributed by atoms with E-state index < -0.39 is 9.89 Å². The molecule has 4 nitrogen and oxygen atoms in total. The van der Waals surface area contributed by atoms with E-state index in [2.05, 4.69) is 10.3 Å². The van der Waals surface area contributed by atoms with E-state index in [1.165, 1.54) is 0 Å². The van der Waals surface area contributed by atoms with Crippen LogP contribution in [0, 0.1) is 6.92 Å². The number of halogens is 3. The number of hydrogen-bond donors (Lipinski definition) is 1. The number of rotatable bonds is 2. The van der Waals surface area contributed by atoms with Crippen LogP contribution >= 0.6 is 34.8 Å². The van der Waals surface area contributed by atoms with Crippen molar-refractivity contribution in [2.75, 3.05) is 11.9 Å². The number of aryl methyl sites for hydroxylation is 2. The third-order valence-corrected chi connectivity index (χ3v) is 3.22. The Hall–Kier alpha value is -0.710. The van der Waals surface area contributed by atoms with Crippen molar-refractivity contribution < 1.29 is 9.53 Å². The number of hydrogen-bond acceptors (Lipinski definition) is 3. The van der Waals surface area contributed by atoms with Gasteiger partial charge in [0.05, 0.1) is 5.69 Å². The minimum atomic E-state index is -1.60. The van der Waals surface area contributed by atoms with Crippen molar-refractivity contribution in [1.29, 1.82) is 0 Å². The van der Waals surface area contributed by atoms with Gasteiger partial charge in [-0.2, -0.15) is 0 Å². The first-order valence-corrected chi connectivity index (χ1v) is 6.98. The maximum absolute atomic E-state index is 11.7. The van der Waals surface area contributed by atoms with Crippen LogP contribution in [-0.2, 0) is 17.6 Å². The van der Waals surface area contributed by atoms with Gasteiger partial charge in [0.1, 0.15) is 6.61 Å². The van der Waals surface area contributed by atoms with E-state index in [-0.39, 0.29) is 6.61 Å². The molecule has 1 aliphatic rings. The lowest BCUT2D eigenvalue weighted by molar-refractivity contribution is 0.164. The average molecular weight is 324 g/mol. The Morgan fingerprint density at radius 3 is 2.89 bits per heavy atom. The molecule has 19 heavy (non-hydrogen) atoms. The van der Waals surface area contributed by atoms with E-state index >= 15 is 0 Å². The second-order valence-corrected chi connectivity index (χ2v) is 6.93. The number of ether oxygens (including phenoxy) is 1. The van der Waals surface area contributed by atoms with Crippen molar-refractivity contribution in [2.45, 2.75) is 30.0 Å². The van der Waals surface area contributed by atoms with E-state index in [9.17, 15) is 4.79 Å². The van der Waals surface area contributed by atoms with Crippen LogP contribution in [0.2, 0.25) is 0 Å². The summed E-state index contributed by atoms with van der Waals surface area (Å²) in [4.78, 5) is 16.0. The number of aromatic nitrogens is 1. The summed E-state index contributed by atoms with van der Waals surface area (Å²) in [5.41, 5.74) is 3.76. The predicted octanol–water partition coefficient (Wildman–Crippen LogP) is 3.80. The van der Waals surface area contributed by atoms with Gasteiger partial charge >= 0.3 is 6.09 Å². The highest BCUT2D eigenvalue weighted by atomic mass is 35.6. The molecular weight excluding hydrogens is 311 g/mol. The molecule has 0 bridgehead atoms. The Kier molecular flexibility index (Phi) is 4.43. The van der Waals surface area contributed by atoms with Crippen LogP contribution in [0.5, 0.6) is 0 Å². The van der Waals surface area contributed by atoms with E-state index in [0.717, 1.165) is 41.8 Å². The number of fused-ring (bicyclic) bond motifs is 1. The van der Waals surface area contributed by atoms with Crippen LogP contribution in [0.1, 0.15) is 23.2 Å². The summed E-state index contributed by atoms with van der Waals surface area (Å²) in [6.45, 7) is 1.59. The third kappa shape index (κ3) is 3.88. The molecule has 7 heteroatoms. The summed E-state index contributed by atoms with van der Waals surface area (Å²) >= 11 is 16.6. The van der Waals surface area contributed by atoms with Crippen molar-refractivity contribution in [1.82, 2.24) is 4.98 Å². The van der Waals surface area contributed by atoms with Crippen LogP contribution in [0.15, 0.2) is 6.20 Å². The standard InChI is InChI=1S/C12H13Cl3N2O2/c1-7-5-16-9-4-2-3-8(9)10(7)17-11(18)19-6-12(13,14)15/h5H,2-4,6H2,1H3,(H,16,17,18). The molecule has 1 aromatic heterocycles. The zero-order chi connectivity index (χ0) is 14.0. The number of carbonyl (C=O) groups excluding carboxylic acids is 1. The largest absolute Gasteiger partial charge is 0.445 e. The lowest BCUT2D eigenvalue weighted by Gasteiger charge is -2.15. The van der Waals surface area contributed by atoms with Crippen molar-refractivity contribution in [3.05, 3.63) is 23.0 Å². The van der Waals surface area contributed by atoms with Gasteiger partial charge in [-0.25, -0.2) is 4.79 Å². The van der Waals surface area contributed by atoms with E-state index in [0.29, 0.717) is 0 Å². The van der Waals surface area contributed by atoms with Gasteiger partial charge in [0.15, 0.2) is 0 Å². The molecule has 1 aliphatic carbocycles. The molecule has 1 amide bonds. The first-order chi connectivity index (χ1) is 8.87. The zero-order valence-electron chi connectivity index (χ0n) is 10.3. The number of nitrogens with one attached hydrogen (secondary N) is 1. The quantitative estimate of drug-likeness (QED) is 0.842. The number of nitrogens with zero attached hydrogens (tertiary/aromatic N) is 1. The molecule has 0 saturated carbocycles. The second kappa shape index (κ2) is 5.73. The molecule has 0 radical (unpaired) electrons. The van der Waals surface area contributed by atoms with Crippen LogP contribution in [0.4, 0.5) is 10.5 Å². The molecule has 1 aromatic rings. The van der Waals surface area contributed by atoms with Crippen LogP contribution in [0.3, 0.4) is 0 Å². The van der Waals surface area contributed by atoms with Gasteiger partial charge in [0.25, 0.3) is 0 Å². The Labute approximate surface area is 126 Å². The molecule has 0 fully saturated rings. The average Bonchev–Trinajstić information content (AvgIpc) is 2.78. The maximum atomic E-state index is 11.7. The molecule has 104 valence electrons. The molecular formula is C12H13Cl3N2O2. The molecule has 0 saturated heterocycles. The van der Waals surface area contributed by atoms with Crippen LogP contribution in [0.25, 0.3) is 0 Å². The highest BCUT2D eigenvalue weighted by molar-refractivity contribution is 6.67. The van der Waals surface area contributed by atoms with E-state index in [1.807, 2.05) is 6.92 Å². The number of anilines is 1. The summed E-state index contributed by atoms with van der Waals surface area (Å²) in [6, 6.07) is 0. The molecule has 0 spiro atoms. The summed E-state index contributed by atoms with van der Waals surface area (Å²) in [5.74, 6) is 0. The maximum Gasteiger partial charge on any atom is 0.411 e. The number of amides is 1. The molecule has 0 unspecified atom stereocenters. The van der Waals surface area contributed by atoms with Gasteiger partial charge in [-0.1, -0.05) is 34.8 Å². The molecule has 0 aromatic carbocycles. The fourth-order valence-electron chi connectivity index (χ4n) is 2.08. The lowest BCUT2D eigenvalue weighted by Crippen LogP contribution is -2.22. The molecule has 1 heterocycles. The normalized spacial score (nSPS) is 14.1. The summed E-state index contributed by atoms with van der Waals surface area (Å²) in [6.07, 6.45) is 4.00. The Balaban J connectivity index is 2.07. The Morgan fingerprint density at radius 2 is 2.21 bits per heavy atom. The fraction of sp³-hybridized carbons (Fsp3) is 0.500. The van der Waals surface area contributed by atoms with Crippen LogP contribution < -0.4 is 5.32 Å². The van der Waals surface area contributed by atoms with E-state index in [1.54, 1.807) is 6.20 Å². The smallest absolute Gasteiger partial charge is 0.411 e. The molecule has 1 N–H and O–H groups in total. The number of alkyl halides is 3. The van der Waals surface area contributed by atoms with Gasteiger partial charge < -0.3 is 4.74 Å². The summed E-state index contributed by atoms with van der Waals surface area (Å²) in [5, 5.41) is 2.71. The first-order valence-electron chi connectivity index (χ1n) is 5.85. The van der Waals surface area contributed by atoms with Crippen molar-refractivity contribution >= 4 is 46.6 Å². The highest BCUT2D eigenvalue weighted by Crippen LogP contribution is 2.30. The molecule has 0 aliphatic heterocycles. The zero-order valence-corrected chi connectivity index (χ0v) is 12.6. The Bertz CT molecular complexity index is 500. The molecule has 0 atom stereocenters. The van der Waals surface area contributed by atoms with Gasteiger partial charge in [-0.3, -0.25) is 10.3 Å². The third-order valence-electron chi connectivity index (χ3n) is 2.89. The van der Waals surface area contributed by atoms with Crippen LogP contribution in [-0.4, -0.2) is 21.5 Å². The fourth-order valence-corrected chi connectivity index (χ4v) is 2.24. The van der Waals surface area contributed by atoms with Crippen molar-refractivity contribution in [3.63, 3.8) is 0 Å². The van der Waals surface area contributed by atoms with Gasteiger partial charge in [-0.15, -0.1) is 0 Å². The number of carbonyl (C=O) groups is 1. The van der Waals surface area contributed by atoms with Crippen molar-refractivity contribution in [2.24, 2.45) is 0 Å². The number of pyridine rings is 1. The minimum Gasteiger partial charge on any atom is -0.445 e. The van der Waals surface area contributed by atoms with E-state index in [4.69, 9.17) is 39.5 Å². The lowest BCUT2D eigenvalue weighted by atomic mass is 10.1. The topological polar surface area (TPSA) is 51.2 Å². The monoisotopic (exact) mass is 322 g/mol. The highest BCUT2D eigenvalue weighted by Gasteiger charge is 2.24. The van der Waals surface area contributed by atoms with Crippen molar-refractivity contribution in [3.8, 4) is 0 Å². The Morgan fingerprint density at radius 1 is 1.47 bits per heavy atom. The minimum absolute atomic E-state index is 0.296.